The average Bonchev–Trinajstić information content (AvgIpc) is 2.99. The second kappa shape index (κ2) is 11.7. The molecule has 0 atom stereocenters. The number of amides is 1. The number of carbonyl (C=O) groups is 1. The molecule has 0 bridgehead atoms. The van der Waals surface area contributed by atoms with E-state index in [-0.39, 0.29) is 46.7 Å². The van der Waals surface area contributed by atoms with E-state index >= 15 is 0 Å². The lowest BCUT2D eigenvalue weighted by Gasteiger charge is -2.34. The fourth-order valence-corrected chi connectivity index (χ4v) is 7.47. The van der Waals surface area contributed by atoms with Gasteiger partial charge < -0.3 is 10.2 Å². The number of rotatable bonds is 5. The first kappa shape index (κ1) is 26.9. The monoisotopic (exact) mass is 567 g/mol. The zero-order valence-corrected chi connectivity index (χ0v) is 23.2. The number of anilines is 1. The normalized spacial score (nSPS) is 22.9. The van der Waals surface area contributed by atoms with Crippen molar-refractivity contribution in [1.82, 2.24) is 29.4 Å². The van der Waals surface area contributed by atoms with Crippen LogP contribution in [0.5, 0.6) is 0 Å². The van der Waals surface area contributed by atoms with Crippen molar-refractivity contribution in [3.05, 3.63) is 57.4 Å². The Balaban J connectivity index is 1.13. The number of aromatic nitrogens is 5. The van der Waals surface area contributed by atoms with Gasteiger partial charge in [-0.1, -0.05) is 0 Å². The molecule has 5 heterocycles. The maximum absolute atomic E-state index is 14.1. The van der Waals surface area contributed by atoms with Gasteiger partial charge >= 0.3 is 5.69 Å². The predicted octanol–water partition coefficient (Wildman–Crippen LogP) is 3.07. The van der Waals surface area contributed by atoms with Gasteiger partial charge in [0.05, 0.1) is 11.6 Å². The quantitative estimate of drug-likeness (QED) is 0.500. The highest BCUT2D eigenvalue weighted by molar-refractivity contribution is 7.99. The first-order valence-electron chi connectivity index (χ1n) is 14.2. The Labute approximate surface area is 235 Å². The summed E-state index contributed by atoms with van der Waals surface area (Å²) in [5.74, 6) is 1.99. The van der Waals surface area contributed by atoms with Crippen LogP contribution < -0.4 is 21.5 Å². The number of carbonyl (C=O) groups excluding carboxylic acids is 1. The van der Waals surface area contributed by atoms with Crippen molar-refractivity contribution >= 4 is 34.7 Å². The van der Waals surface area contributed by atoms with Crippen LogP contribution in [0, 0.1) is 11.7 Å². The van der Waals surface area contributed by atoms with E-state index in [1.54, 1.807) is 23.0 Å². The summed E-state index contributed by atoms with van der Waals surface area (Å²) >= 11 is 1.85. The minimum atomic E-state index is -0.589. The van der Waals surface area contributed by atoms with E-state index in [2.05, 4.69) is 25.2 Å². The van der Waals surface area contributed by atoms with E-state index in [1.165, 1.54) is 10.6 Å². The molecule has 1 N–H and O–H groups in total. The Kier molecular flexibility index (Phi) is 7.86. The van der Waals surface area contributed by atoms with Gasteiger partial charge in [0.15, 0.2) is 0 Å². The van der Waals surface area contributed by atoms with Crippen LogP contribution in [-0.2, 0) is 4.79 Å². The third-order valence-electron chi connectivity index (χ3n) is 8.59. The van der Waals surface area contributed by atoms with Gasteiger partial charge in [0.1, 0.15) is 11.5 Å². The van der Waals surface area contributed by atoms with Crippen molar-refractivity contribution in [3.8, 4) is 0 Å². The molecule has 1 aliphatic carbocycles. The molecule has 3 aromatic heterocycles. The van der Waals surface area contributed by atoms with E-state index in [1.807, 2.05) is 11.8 Å². The number of piperidine rings is 1. The Morgan fingerprint density at radius 1 is 0.900 bits per heavy atom. The van der Waals surface area contributed by atoms with Gasteiger partial charge in [-0.2, -0.15) is 11.8 Å². The fraction of sp³-hybridized carbons (Fsp3) is 0.571. The molecule has 0 radical (unpaired) electrons. The summed E-state index contributed by atoms with van der Waals surface area (Å²) in [5.41, 5.74) is -0.555. The van der Waals surface area contributed by atoms with Gasteiger partial charge in [-0.3, -0.25) is 18.7 Å². The average molecular weight is 568 g/mol. The number of hydrogen-bond acceptors (Lipinski definition) is 8. The number of fused-ring (bicyclic) bond motifs is 1. The number of nitrogens with one attached hydrogen (secondary N) is 1. The van der Waals surface area contributed by atoms with Crippen molar-refractivity contribution in [1.29, 1.82) is 0 Å². The van der Waals surface area contributed by atoms with E-state index in [9.17, 15) is 18.8 Å². The predicted molar refractivity (Wildman–Crippen MR) is 152 cm³/mol. The largest absolute Gasteiger partial charge is 0.353 e. The van der Waals surface area contributed by atoms with Crippen molar-refractivity contribution in [2.45, 2.75) is 69.5 Å². The third kappa shape index (κ3) is 5.37. The summed E-state index contributed by atoms with van der Waals surface area (Å²) in [6.07, 6.45) is 10.2. The SMILES string of the molecule is O=C(NC1CCC(n2c(=O)c3cc(F)cnc3n(C3CCSCC3)c2=O)CC1)C1CCN(c2ncccn2)CC1. The molecule has 1 amide bonds. The van der Waals surface area contributed by atoms with Gasteiger partial charge in [0.2, 0.25) is 11.9 Å². The van der Waals surface area contributed by atoms with Crippen LogP contribution in [0.1, 0.15) is 63.5 Å². The minimum absolute atomic E-state index is 0.00657. The molecule has 6 rings (SSSR count). The highest BCUT2D eigenvalue weighted by Crippen LogP contribution is 2.30. The van der Waals surface area contributed by atoms with E-state index in [0.29, 0.717) is 31.6 Å². The van der Waals surface area contributed by atoms with Crippen LogP contribution >= 0.6 is 11.8 Å². The molecule has 0 aromatic carbocycles. The topological polar surface area (TPSA) is 115 Å². The lowest BCUT2D eigenvalue weighted by atomic mass is 9.89. The number of hydrogen-bond donors (Lipinski definition) is 1. The Bertz CT molecular complexity index is 1470. The maximum atomic E-state index is 14.1. The molecule has 0 spiro atoms. The van der Waals surface area contributed by atoms with Gasteiger partial charge in [-0.25, -0.2) is 24.1 Å². The van der Waals surface area contributed by atoms with Crippen LogP contribution in [0.4, 0.5) is 10.3 Å². The van der Waals surface area contributed by atoms with Crippen LogP contribution in [0.2, 0.25) is 0 Å². The zero-order valence-electron chi connectivity index (χ0n) is 22.4. The van der Waals surface area contributed by atoms with Crippen LogP contribution in [-0.4, -0.2) is 60.6 Å². The van der Waals surface area contributed by atoms with Crippen LogP contribution in [0.3, 0.4) is 0 Å². The van der Waals surface area contributed by atoms with Gasteiger partial charge in [0, 0.05) is 49.5 Å². The number of thioether (sulfide) groups is 1. The molecule has 212 valence electrons. The Morgan fingerprint density at radius 2 is 1.57 bits per heavy atom. The Morgan fingerprint density at radius 3 is 2.27 bits per heavy atom. The molecule has 3 fully saturated rings. The molecule has 40 heavy (non-hydrogen) atoms. The lowest BCUT2D eigenvalue weighted by Crippen LogP contribution is -2.48. The molecule has 1 saturated carbocycles. The molecular weight excluding hydrogens is 533 g/mol. The molecule has 0 unspecified atom stereocenters. The minimum Gasteiger partial charge on any atom is -0.353 e. The summed E-state index contributed by atoms with van der Waals surface area (Å²) in [6.45, 7) is 1.47. The van der Waals surface area contributed by atoms with Crippen molar-refractivity contribution in [2.24, 2.45) is 5.92 Å². The summed E-state index contributed by atoms with van der Waals surface area (Å²) in [6, 6.07) is 2.65. The van der Waals surface area contributed by atoms with Crippen molar-refractivity contribution < 1.29 is 9.18 Å². The highest BCUT2D eigenvalue weighted by Gasteiger charge is 2.32. The molecule has 3 aromatic rings. The van der Waals surface area contributed by atoms with Crippen LogP contribution in [0.25, 0.3) is 11.0 Å². The fourth-order valence-electron chi connectivity index (χ4n) is 6.39. The summed E-state index contributed by atoms with van der Waals surface area (Å²) < 4.78 is 17.1. The first-order chi connectivity index (χ1) is 19.5. The van der Waals surface area contributed by atoms with Gasteiger partial charge in [0.25, 0.3) is 5.56 Å². The second-order valence-corrected chi connectivity index (χ2v) is 12.2. The van der Waals surface area contributed by atoms with Gasteiger partial charge in [-0.05, 0) is 75.0 Å². The standard InChI is InChI=1S/C28H34FN7O3S/c29-19-16-23-24(32-17-19)35(22-8-14-40-15-9-22)28(39)36(26(23)38)21-4-2-20(3-5-21)33-25(37)18-6-12-34(13-7-18)27-30-10-1-11-31-27/h1,10-11,16-18,20-22H,2-9,12-15H2,(H,33,37). The van der Waals surface area contributed by atoms with Crippen molar-refractivity contribution in [2.75, 3.05) is 29.5 Å². The summed E-state index contributed by atoms with van der Waals surface area (Å²) in [5, 5.41) is 3.38. The second-order valence-electron chi connectivity index (χ2n) is 11.0. The van der Waals surface area contributed by atoms with E-state index in [0.717, 1.165) is 56.5 Å². The zero-order chi connectivity index (χ0) is 27.6. The molecule has 2 saturated heterocycles. The maximum Gasteiger partial charge on any atom is 0.333 e. The first-order valence-corrected chi connectivity index (χ1v) is 15.4. The summed E-state index contributed by atoms with van der Waals surface area (Å²) in [7, 11) is 0. The molecular formula is C28H34FN7O3S. The summed E-state index contributed by atoms with van der Waals surface area (Å²) in [4.78, 5) is 55.2. The lowest BCUT2D eigenvalue weighted by molar-refractivity contribution is -0.126. The highest BCUT2D eigenvalue weighted by atomic mass is 32.2. The number of halogens is 1. The smallest absolute Gasteiger partial charge is 0.333 e. The molecule has 10 nitrogen and oxygen atoms in total. The Hall–Kier alpha value is -3.28. The number of pyridine rings is 1. The van der Waals surface area contributed by atoms with Crippen molar-refractivity contribution in [3.63, 3.8) is 0 Å². The molecule has 3 aliphatic rings. The van der Waals surface area contributed by atoms with E-state index in [4.69, 9.17) is 0 Å². The number of nitrogens with zero attached hydrogens (tertiary/aromatic N) is 6. The van der Waals surface area contributed by atoms with E-state index < -0.39 is 11.4 Å². The van der Waals surface area contributed by atoms with Crippen LogP contribution in [0.15, 0.2) is 40.3 Å². The van der Waals surface area contributed by atoms with Gasteiger partial charge in [-0.15, -0.1) is 0 Å². The third-order valence-corrected chi connectivity index (χ3v) is 9.64. The molecule has 2 aliphatic heterocycles. The molecule has 12 heteroatoms.